The van der Waals surface area contributed by atoms with Gasteiger partial charge in [0.05, 0.1) is 0 Å². The van der Waals surface area contributed by atoms with Crippen LogP contribution in [0.2, 0.25) is 0 Å². The van der Waals surface area contributed by atoms with Gasteiger partial charge in [0, 0.05) is 17.1 Å². The van der Waals surface area contributed by atoms with E-state index in [2.05, 4.69) is 0 Å². The Bertz CT molecular complexity index is 557. The maximum absolute atomic E-state index is 13.0. The first-order chi connectivity index (χ1) is 7.43. The van der Waals surface area contributed by atoms with Gasteiger partial charge in [0.2, 0.25) is 0 Å². The average molecular weight is 221 g/mol. The largest absolute Gasteiger partial charge is 0.480 e. The fourth-order valence-electron chi connectivity index (χ4n) is 1.70. The lowest BCUT2D eigenvalue weighted by atomic mass is 10.1. The molecular formula is C12H12FNO2. The van der Waals surface area contributed by atoms with E-state index in [1.54, 1.807) is 36.7 Å². The van der Waals surface area contributed by atoms with Crippen LogP contribution in [0.3, 0.4) is 0 Å². The third kappa shape index (κ3) is 1.46. The van der Waals surface area contributed by atoms with Crippen LogP contribution in [0.5, 0.6) is 0 Å². The topological polar surface area (TPSA) is 42.2 Å². The number of rotatable bonds is 2. The van der Waals surface area contributed by atoms with Crippen molar-refractivity contribution in [2.24, 2.45) is 0 Å². The Balaban J connectivity index is 2.67. The van der Waals surface area contributed by atoms with Crippen LogP contribution in [-0.2, 0) is 10.3 Å². The minimum Gasteiger partial charge on any atom is -0.480 e. The van der Waals surface area contributed by atoms with Gasteiger partial charge in [-0.2, -0.15) is 0 Å². The highest BCUT2D eigenvalue weighted by atomic mass is 19.1. The lowest BCUT2D eigenvalue weighted by molar-refractivity contribution is -0.145. The summed E-state index contributed by atoms with van der Waals surface area (Å²) in [5, 5.41) is 9.84. The van der Waals surface area contributed by atoms with Gasteiger partial charge in [0.1, 0.15) is 11.4 Å². The molecule has 2 rings (SSSR count). The number of fused-ring (bicyclic) bond motifs is 1. The maximum atomic E-state index is 13.0. The van der Waals surface area contributed by atoms with Crippen molar-refractivity contribution in [1.82, 2.24) is 4.57 Å². The number of hydrogen-bond acceptors (Lipinski definition) is 1. The van der Waals surface area contributed by atoms with Gasteiger partial charge in [-0.3, -0.25) is 0 Å². The molecule has 0 fully saturated rings. The van der Waals surface area contributed by atoms with Gasteiger partial charge in [0.25, 0.3) is 0 Å². The Morgan fingerprint density at radius 3 is 2.69 bits per heavy atom. The second-order valence-corrected chi connectivity index (χ2v) is 4.25. The molecule has 0 unspecified atom stereocenters. The van der Waals surface area contributed by atoms with E-state index >= 15 is 0 Å². The molecule has 0 saturated carbocycles. The predicted octanol–water partition coefficient (Wildman–Crippen LogP) is 2.60. The molecule has 0 radical (unpaired) electrons. The lowest BCUT2D eigenvalue weighted by Crippen LogP contribution is -2.34. The number of carboxylic acid groups (broad SMARTS) is 1. The van der Waals surface area contributed by atoms with Crippen molar-refractivity contribution in [3.63, 3.8) is 0 Å². The van der Waals surface area contributed by atoms with Gasteiger partial charge >= 0.3 is 5.97 Å². The van der Waals surface area contributed by atoms with Crippen molar-refractivity contribution in [1.29, 1.82) is 0 Å². The van der Waals surface area contributed by atoms with Crippen LogP contribution in [0.25, 0.3) is 10.9 Å². The molecule has 0 aliphatic heterocycles. The van der Waals surface area contributed by atoms with Crippen LogP contribution in [0.1, 0.15) is 13.8 Å². The third-order valence-electron chi connectivity index (χ3n) is 2.78. The van der Waals surface area contributed by atoms with E-state index in [0.29, 0.717) is 10.9 Å². The molecule has 0 amide bonds. The zero-order valence-corrected chi connectivity index (χ0v) is 9.07. The lowest BCUT2D eigenvalue weighted by Gasteiger charge is -2.22. The van der Waals surface area contributed by atoms with Gasteiger partial charge in [-0.25, -0.2) is 9.18 Å². The summed E-state index contributed by atoms with van der Waals surface area (Å²) in [6.07, 6.45) is 1.66. The Morgan fingerprint density at radius 1 is 1.38 bits per heavy atom. The van der Waals surface area contributed by atoms with E-state index in [1.807, 2.05) is 0 Å². The summed E-state index contributed by atoms with van der Waals surface area (Å²) in [5.74, 6) is -1.24. The van der Waals surface area contributed by atoms with Gasteiger partial charge in [-0.1, -0.05) is 0 Å². The number of aromatic nitrogens is 1. The molecule has 2 aromatic rings. The first kappa shape index (κ1) is 10.7. The Morgan fingerprint density at radius 2 is 2.06 bits per heavy atom. The van der Waals surface area contributed by atoms with Crippen molar-refractivity contribution >= 4 is 16.9 Å². The molecule has 16 heavy (non-hydrogen) atoms. The summed E-state index contributed by atoms with van der Waals surface area (Å²) < 4.78 is 14.6. The van der Waals surface area contributed by atoms with E-state index in [1.165, 1.54) is 12.1 Å². The molecule has 0 spiro atoms. The number of aliphatic carboxylic acids is 1. The van der Waals surface area contributed by atoms with Crippen molar-refractivity contribution in [3.8, 4) is 0 Å². The molecule has 1 N–H and O–H groups in total. The Kier molecular flexibility index (Phi) is 2.22. The zero-order chi connectivity index (χ0) is 11.9. The summed E-state index contributed by atoms with van der Waals surface area (Å²) in [4.78, 5) is 11.1. The number of benzene rings is 1. The highest BCUT2D eigenvalue weighted by molar-refractivity contribution is 5.84. The predicted molar refractivity (Wildman–Crippen MR) is 58.9 cm³/mol. The molecule has 0 atom stereocenters. The Hall–Kier alpha value is -1.84. The molecule has 4 heteroatoms. The van der Waals surface area contributed by atoms with Crippen LogP contribution >= 0.6 is 0 Å². The minimum absolute atomic E-state index is 0.321. The highest BCUT2D eigenvalue weighted by Crippen LogP contribution is 2.25. The standard InChI is InChI=1S/C12H12FNO2/c1-12(2,11(15)16)14-6-5-8-7-9(13)3-4-10(8)14/h3-7H,1-2H3,(H,15,16). The van der Waals surface area contributed by atoms with Gasteiger partial charge in [-0.05, 0) is 38.1 Å². The fourth-order valence-corrected chi connectivity index (χ4v) is 1.70. The molecule has 1 heterocycles. The molecule has 0 aliphatic rings. The summed E-state index contributed by atoms with van der Waals surface area (Å²) in [7, 11) is 0. The van der Waals surface area contributed by atoms with E-state index < -0.39 is 11.5 Å². The van der Waals surface area contributed by atoms with Gasteiger partial charge in [0.15, 0.2) is 0 Å². The number of hydrogen-bond donors (Lipinski definition) is 1. The quantitative estimate of drug-likeness (QED) is 0.846. The van der Waals surface area contributed by atoms with Crippen LogP contribution in [0.4, 0.5) is 4.39 Å². The molecule has 84 valence electrons. The first-order valence-electron chi connectivity index (χ1n) is 4.93. The number of carboxylic acids is 1. The van der Waals surface area contributed by atoms with E-state index in [0.717, 1.165) is 0 Å². The molecule has 0 bridgehead atoms. The monoisotopic (exact) mass is 221 g/mol. The van der Waals surface area contributed by atoms with Crippen molar-refractivity contribution < 1.29 is 14.3 Å². The molecular weight excluding hydrogens is 209 g/mol. The van der Waals surface area contributed by atoms with Crippen LogP contribution in [0, 0.1) is 5.82 Å². The first-order valence-corrected chi connectivity index (χ1v) is 4.93. The van der Waals surface area contributed by atoms with Crippen molar-refractivity contribution in [2.75, 3.05) is 0 Å². The maximum Gasteiger partial charge on any atom is 0.329 e. The summed E-state index contributed by atoms with van der Waals surface area (Å²) >= 11 is 0. The summed E-state index contributed by atoms with van der Waals surface area (Å²) in [6.45, 7) is 3.22. The average Bonchev–Trinajstić information content (AvgIpc) is 2.60. The molecule has 1 aromatic carbocycles. The van der Waals surface area contributed by atoms with E-state index in [4.69, 9.17) is 5.11 Å². The van der Waals surface area contributed by atoms with Gasteiger partial charge < -0.3 is 9.67 Å². The normalized spacial score (nSPS) is 11.9. The molecule has 0 aliphatic carbocycles. The summed E-state index contributed by atoms with van der Waals surface area (Å²) in [6, 6.07) is 6.03. The van der Waals surface area contributed by atoms with Crippen molar-refractivity contribution in [2.45, 2.75) is 19.4 Å². The van der Waals surface area contributed by atoms with E-state index in [9.17, 15) is 9.18 Å². The molecule has 3 nitrogen and oxygen atoms in total. The molecule has 0 saturated heterocycles. The van der Waals surface area contributed by atoms with Crippen LogP contribution in [0.15, 0.2) is 30.5 Å². The van der Waals surface area contributed by atoms with Crippen LogP contribution < -0.4 is 0 Å². The second kappa shape index (κ2) is 3.33. The smallest absolute Gasteiger partial charge is 0.329 e. The number of nitrogens with zero attached hydrogens (tertiary/aromatic N) is 1. The fraction of sp³-hybridized carbons (Fsp3) is 0.250. The third-order valence-corrected chi connectivity index (χ3v) is 2.78. The summed E-state index contributed by atoms with van der Waals surface area (Å²) in [5.41, 5.74) is -0.326. The SMILES string of the molecule is CC(C)(C(=O)O)n1ccc2cc(F)ccc21. The highest BCUT2D eigenvalue weighted by Gasteiger charge is 2.29. The zero-order valence-electron chi connectivity index (χ0n) is 9.07. The number of halogens is 1. The van der Waals surface area contributed by atoms with Crippen LogP contribution in [-0.4, -0.2) is 15.6 Å². The minimum atomic E-state index is -1.04. The second-order valence-electron chi connectivity index (χ2n) is 4.25. The van der Waals surface area contributed by atoms with Crippen molar-refractivity contribution in [3.05, 3.63) is 36.3 Å². The van der Waals surface area contributed by atoms with E-state index in [-0.39, 0.29) is 5.82 Å². The Labute approximate surface area is 92.1 Å². The van der Waals surface area contributed by atoms with Gasteiger partial charge in [-0.15, -0.1) is 0 Å². The molecule has 1 aromatic heterocycles. The number of carbonyl (C=O) groups is 1.